The highest BCUT2D eigenvalue weighted by Gasteiger charge is 2.34. The minimum Gasteiger partial charge on any atom is -0.497 e. The van der Waals surface area contributed by atoms with E-state index in [4.69, 9.17) is 16.3 Å². The molecule has 0 bridgehead atoms. The smallest absolute Gasteiger partial charge is 0.243 e. The maximum Gasteiger partial charge on any atom is 0.243 e. The zero-order chi connectivity index (χ0) is 21.0. The van der Waals surface area contributed by atoms with Crippen LogP contribution in [0.2, 0.25) is 5.02 Å². The molecule has 1 atom stereocenters. The Bertz CT molecular complexity index is 977. The summed E-state index contributed by atoms with van der Waals surface area (Å²) in [4.78, 5) is 12.8. The van der Waals surface area contributed by atoms with Gasteiger partial charge < -0.3 is 10.1 Å². The first-order valence-corrected chi connectivity index (χ1v) is 11.3. The van der Waals surface area contributed by atoms with Gasteiger partial charge in [0, 0.05) is 29.7 Å². The van der Waals surface area contributed by atoms with Crippen molar-refractivity contribution in [3.63, 3.8) is 0 Å². The number of hydrogen-bond acceptors (Lipinski definition) is 4. The van der Waals surface area contributed by atoms with Crippen LogP contribution in [0.3, 0.4) is 0 Å². The van der Waals surface area contributed by atoms with E-state index in [1.807, 2.05) is 13.0 Å². The number of anilines is 1. The summed E-state index contributed by atoms with van der Waals surface area (Å²) < 4.78 is 32.9. The molecule has 0 saturated carbocycles. The maximum atomic E-state index is 13.2. The number of rotatable bonds is 6. The van der Waals surface area contributed by atoms with Gasteiger partial charge in [-0.05, 0) is 61.7 Å². The zero-order valence-electron chi connectivity index (χ0n) is 16.5. The van der Waals surface area contributed by atoms with Gasteiger partial charge in [0.05, 0.1) is 12.0 Å². The first kappa shape index (κ1) is 21.6. The topological polar surface area (TPSA) is 75.7 Å². The van der Waals surface area contributed by atoms with Crippen molar-refractivity contribution in [3.05, 3.63) is 53.1 Å². The normalized spacial score (nSPS) is 17.7. The number of carbonyl (C=O) groups excluding carboxylic acids is 1. The molecule has 1 N–H and O–H groups in total. The van der Waals surface area contributed by atoms with Crippen LogP contribution >= 0.6 is 11.6 Å². The van der Waals surface area contributed by atoms with E-state index in [1.165, 1.54) is 23.5 Å². The van der Waals surface area contributed by atoms with Crippen LogP contribution in [0.15, 0.2) is 47.4 Å². The molecule has 1 aliphatic rings. The number of amides is 1. The number of aryl methyl sites for hydroxylation is 1. The quantitative estimate of drug-likeness (QED) is 0.735. The number of carbonyl (C=O) groups is 1. The number of ether oxygens (including phenoxy) is 1. The molecule has 1 aliphatic heterocycles. The molecular weight excluding hydrogens is 412 g/mol. The average molecular weight is 437 g/mol. The SMILES string of the molecule is COc1ccc(S(=O)(=O)N2CCCCC2CC(=O)Nc2cc(Cl)ccc2C)cc1. The van der Waals surface area contributed by atoms with Crippen LogP contribution in [0.25, 0.3) is 0 Å². The Labute approximate surface area is 176 Å². The number of halogens is 1. The summed E-state index contributed by atoms with van der Waals surface area (Å²) >= 11 is 6.02. The van der Waals surface area contributed by atoms with E-state index in [1.54, 1.807) is 24.3 Å². The standard InChI is InChI=1S/C21H25ClN2O4S/c1-15-6-7-16(22)13-20(15)23-21(25)14-17-5-3-4-12-24(17)29(26,27)19-10-8-18(28-2)9-11-19/h6-11,13,17H,3-5,12,14H2,1-2H3,(H,23,25). The van der Waals surface area contributed by atoms with Crippen molar-refractivity contribution in [3.8, 4) is 5.75 Å². The fraction of sp³-hybridized carbons (Fsp3) is 0.381. The highest BCUT2D eigenvalue weighted by molar-refractivity contribution is 7.89. The van der Waals surface area contributed by atoms with Gasteiger partial charge in [-0.1, -0.05) is 24.1 Å². The van der Waals surface area contributed by atoms with Crippen molar-refractivity contribution in [2.24, 2.45) is 0 Å². The van der Waals surface area contributed by atoms with Crippen LogP contribution in [0, 0.1) is 6.92 Å². The van der Waals surface area contributed by atoms with E-state index in [0.29, 0.717) is 29.4 Å². The molecule has 29 heavy (non-hydrogen) atoms. The van der Waals surface area contributed by atoms with Crippen LogP contribution < -0.4 is 10.1 Å². The summed E-state index contributed by atoms with van der Waals surface area (Å²) in [6, 6.07) is 11.2. The molecule has 2 aromatic rings. The lowest BCUT2D eigenvalue weighted by Crippen LogP contribution is -2.45. The van der Waals surface area contributed by atoms with Gasteiger partial charge in [0.1, 0.15) is 5.75 Å². The molecule has 3 rings (SSSR count). The van der Waals surface area contributed by atoms with Crippen molar-refractivity contribution >= 4 is 33.2 Å². The Morgan fingerprint density at radius 2 is 1.93 bits per heavy atom. The first-order chi connectivity index (χ1) is 13.8. The summed E-state index contributed by atoms with van der Waals surface area (Å²) in [5.41, 5.74) is 1.54. The van der Waals surface area contributed by atoms with Gasteiger partial charge in [-0.2, -0.15) is 4.31 Å². The third kappa shape index (κ3) is 5.10. The summed E-state index contributed by atoms with van der Waals surface area (Å²) in [5, 5.41) is 3.40. The van der Waals surface area contributed by atoms with Crippen LogP contribution in [-0.2, 0) is 14.8 Å². The molecule has 1 heterocycles. The van der Waals surface area contributed by atoms with E-state index in [2.05, 4.69) is 5.32 Å². The highest BCUT2D eigenvalue weighted by Crippen LogP contribution is 2.29. The van der Waals surface area contributed by atoms with Crippen molar-refractivity contribution in [1.82, 2.24) is 4.31 Å². The third-order valence-corrected chi connectivity index (χ3v) is 7.34. The fourth-order valence-corrected chi connectivity index (χ4v) is 5.39. The Morgan fingerprint density at radius 3 is 2.62 bits per heavy atom. The monoisotopic (exact) mass is 436 g/mol. The van der Waals surface area contributed by atoms with Gasteiger partial charge in [0.2, 0.25) is 15.9 Å². The van der Waals surface area contributed by atoms with E-state index in [-0.39, 0.29) is 23.3 Å². The molecule has 1 fully saturated rings. The second kappa shape index (κ2) is 9.15. The van der Waals surface area contributed by atoms with Gasteiger partial charge in [-0.25, -0.2) is 8.42 Å². The van der Waals surface area contributed by atoms with E-state index in [0.717, 1.165) is 18.4 Å². The van der Waals surface area contributed by atoms with E-state index in [9.17, 15) is 13.2 Å². The molecule has 6 nitrogen and oxygen atoms in total. The number of benzene rings is 2. The Balaban J connectivity index is 1.76. The van der Waals surface area contributed by atoms with Gasteiger partial charge in [-0.3, -0.25) is 4.79 Å². The molecule has 0 aliphatic carbocycles. The van der Waals surface area contributed by atoms with Crippen molar-refractivity contribution < 1.29 is 17.9 Å². The van der Waals surface area contributed by atoms with Crippen LogP contribution in [0.4, 0.5) is 5.69 Å². The summed E-state index contributed by atoms with van der Waals surface area (Å²) in [5.74, 6) is 0.368. The maximum absolute atomic E-state index is 13.2. The van der Waals surface area contributed by atoms with E-state index < -0.39 is 10.0 Å². The van der Waals surface area contributed by atoms with Gasteiger partial charge >= 0.3 is 0 Å². The summed E-state index contributed by atoms with van der Waals surface area (Å²) in [6.07, 6.45) is 2.42. The number of sulfonamides is 1. The lowest BCUT2D eigenvalue weighted by atomic mass is 10.0. The third-order valence-electron chi connectivity index (χ3n) is 5.13. The van der Waals surface area contributed by atoms with Gasteiger partial charge in [0.15, 0.2) is 0 Å². The number of nitrogens with one attached hydrogen (secondary N) is 1. The lowest BCUT2D eigenvalue weighted by Gasteiger charge is -2.34. The highest BCUT2D eigenvalue weighted by atomic mass is 35.5. The van der Waals surface area contributed by atoms with Crippen molar-refractivity contribution in [2.75, 3.05) is 19.0 Å². The van der Waals surface area contributed by atoms with Crippen molar-refractivity contribution in [1.29, 1.82) is 0 Å². The average Bonchev–Trinajstić information content (AvgIpc) is 2.71. The van der Waals surface area contributed by atoms with Crippen LogP contribution in [-0.4, -0.2) is 38.3 Å². The molecule has 156 valence electrons. The van der Waals surface area contributed by atoms with Gasteiger partial charge in [-0.15, -0.1) is 0 Å². The fourth-order valence-electron chi connectivity index (χ4n) is 3.52. The largest absolute Gasteiger partial charge is 0.497 e. The number of nitrogens with zero attached hydrogens (tertiary/aromatic N) is 1. The Hall–Kier alpha value is -2.09. The van der Waals surface area contributed by atoms with Gasteiger partial charge in [0.25, 0.3) is 0 Å². The minimum atomic E-state index is -3.69. The van der Waals surface area contributed by atoms with E-state index >= 15 is 0 Å². The first-order valence-electron chi connectivity index (χ1n) is 9.53. The molecular formula is C21H25ClN2O4S. The van der Waals surface area contributed by atoms with Crippen molar-refractivity contribution in [2.45, 2.75) is 43.5 Å². The molecule has 1 unspecified atom stereocenters. The predicted octanol–water partition coefficient (Wildman–Crippen LogP) is 4.23. The molecule has 2 aromatic carbocycles. The molecule has 0 radical (unpaired) electrons. The van der Waals surface area contributed by atoms with Crippen LogP contribution in [0.1, 0.15) is 31.2 Å². The molecule has 8 heteroatoms. The summed E-state index contributed by atoms with van der Waals surface area (Å²) in [7, 11) is -2.16. The number of hydrogen-bond donors (Lipinski definition) is 1. The second-order valence-corrected chi connectivity index (χ2v) is 9.48. The Morgan fingerprint density at radius 1 is 1.21 bits per heavy atom. The molecule has 1 saturated heterocycles. The van der Waals surface area contributed by atoms with Crippen LogP contribution in [0.5, 0.6) is 5.75 Å². The predicted molar refractivity (Wildman–Crippen MR) is 114 cm³/mol. The summed E-state index contributed by atoms with van der Waals surface area (Å²) in [6.45, 7) is 2.29. The lowest BCUT2D eigenvalue weighted by molar-refractivity contribution is -0.117. The number of piperidine rings is 1. The second-order valence-electron chi connectivity index (χ2n) is 7.15. The zero-order valence-corrected chi connectivity index (χ0v) is 18.1. The molecule has 1 amide bonds. The molecule has 0 aromatic heterocycles. The Kier molecular flexibility index (Phi) is 6.82. The molecule has 0 spiro atoms. The minimum absolute atomic E-state index is 0.0985. The number of methoxy groups -OCH3 is 1.